The van der Waals surface area contributed by atoms with Crippen molar-refractivity contribution in [2.75, 3.05) is 20.8 Å². The number of benzene rings is 2. The predicted molar refractivity (Wildman–Crippen MR) is 98.8 cm³/mol. The molecule has 7 heteroatoms. The van der Waals surface area contributed by atoms with Crippen LogP contribution in [0.4, 0.5) is 13.2 Å². The summed E-state index contributed by atoms with van der Waals surface area (Å²) >= 11 is 5.70. The van der Waals surface area contributed by atoms with Gasteiger partial charge in [-0.1, -0.05) is 17.7 Å². The molecule has 0 spiro atoms. The fourth-order valence-electron chi connectivity index (χ4n) is 3.48. The quantitative estimate of drug-likeness (QED) is 0.750. The smallest absolute Gasteiger partial charge is 0.417 e. The Balaban J connectivity index is 1.81. The van der Waals surface area contributed by atoms with Crippen LogP contribution in [0.5, 0.6) is 11.5 Å². The predicted octanol–water partition coefficient (Wildman–Crippen LogP) is 5.20. The molecule has 0 saturated carbocycles. The molecule has 3 rings (SSSR count). The highest BCUT2D eigenvalue weighted by Gasteiger charge is 2.33. The third-order valence-corrected chi connectivity index (χ3v) is 5.19. The van der Waals surface area contributed by atoms with Gasteiger partial charge in [-0.2, -0.15) is 13.2 Å². The van der Waals surface area contributed by atoms with E-state index < -0.39 is 11.7 Å². The Kier molecular flexibility index (Phi) is 5.86. The maximum atomic E-state index is 13.1. The van der Waals surface area contributed by atoms with E-state index >= 15 is 0 Å². The maximum Gasteiger partial charge on any atom is 0.417 e. The maximum absolute atomic E-state index is 13.1. The Labute approximate surface area is 161 Å². The van der Waals surface area contributed by atoms with Crippen LogP contribution in [-0.2, 0) is 19.0 Å². The van der Waals surface area contributed by atoms with Gasteiger partial charge >= 0.3 is 6.18 Å². The zero-order chi connectivity index (χ0) is 19.6. The normalized spacial score (nSPS) is 16.7. The Hall–Kier alpha value is -1.92. The first-order valence-electron chi connectivity index (χ1n) is 8.67. The van der Waals surface area contributed by atoms with Crippen molar-refractivity contribution in [3.8, 4) is 11.5 Å². The summed E-state index contributed by atoms with van der Waals surface area (Å²) in [5.41, 5.74) is 2.10. The van der Waals surface area contributed by atoms with Crippen molar-refractivity contribution in [2.24, 2.45) is 0 Å². The van der Waals surface area contributed by atoms with E-state index in [2.05, 4.69) is 5.32 Å². The molecule has 2 aromatic rings. The van der Waals surface area contributed by atoms with Crippen molar-refractivity contribution < 1.29 is 22.6 Å². The van der Waals surface area contributed by atoms with E-state index in [9.17, 15) is 13.2 Å². The van der Waals surface area contributed by atoms with Gasteiger partial charge in [-0.05, 0) is 66.8 Å². The Morgan fingerprint density at radius 2 is 1.81 bits per heavy atom. The summed E-state index contributed by atoms with van der Waals surface area (Å²) in [6, 6.07) is 8.07. The molecule has 27 heavy (non-hydrogen) atoms. The topological polar surface area (TPSA) is 30.5 Å². The average molecular weight is 400 g/mol. The van der Waals surface area contributed by atoms with Gasteiger partial charge in [0.15, 0.2) is 11.5 Å². The van der Waals surface area contributed by atoms with Crippen molar-refractivity contribution in [3.63, 3.8) is 0 Å². The number of hydrogen-bond donors (Lipinski definition) is 1. The minimum absolute atomic E-state index is 0.0403. The molecule has 0 bridgehead atoms. The summed E-state index contributed by atoms with van der Waals surface area (Å²) in [6.07, 6.45) is -2.41. The van der Waals surface area contributed by atoms with Gasteiger partial charge in [-0.15, -0.1) is 0 Å². The Morgan fingerprint density at radius 1 is 1.11 bits per heavy atom. The lowest BCUT2D eigenvalue weighted by molar-refractivity contribution is -0.137. The van der Waals surface area contributed by atoms with Crippen molar-refractivity contribution in [3.05, 3.63) is 57.6 Å². The van der Waals surface area contributed by atoms with Crippen molar-refractivity contribution >= 4 is 11.6 Å². The van der Waals surface area contributed by atoms with Crippen LogP contribution in [0.15, 0.2) is 30.3 Å². The molecule has 0 fully saturated rings. The van der Waals surface area contributed by atoms with Crippen LogP contribution in [0, 0.1) is 0 Å². The molecule has 1 N–H and O–H groups in total. The molecule has 1 aliphatic heterocycles. The highest BCUT2D eigenvalue weighted by atomic mass is 35.5. The second kappa shape index (κ2) is 7.98. The number of fused-ring (bicyclic) bond motifs is 1. The molecule has 1 aliphatic rings. The second-order valence-electron chi connectivity index (χ2n) is 6.51. The molecular weight excluding hydrogens is 379 g/mol. The number of hydrogen-bond acceptors (Lipinski definition) is 3. The standard InChI is InChI=1S/C20H21ClF3NO2/c1-26-18-10-13-7-8-25-17(14(13)11-19(18)27-2)6-4-12-3-5-16(21)15(9-12)20(22,23)24/h3,5,9-11,17,25H,4,6-8H2,1-2H3. The summed E-state index contributed by atoms with van der Waals surface area (Å²) in [5.74, 6) is 1.33. The first kappa shape index (κ1) is 19.8. The van der Waals surface area contributed by atoms with Gasteiger partial charge in [0.25, 0.3) is 0 Å². The monoisotopic (exact) mass is 399 g/mol. The highest BCUT2D eigenvalue weighted by molar-refractivity contribution is 6.31. The van der Waals surface area contributed by atoms with Crippen molar-refractivity contribution in [2.45, 2.75) is 31.5 Å². The lowest BCUT2D eigenvalue weighted by Gasteiger charge is -2.28. The average Bonchev–Trinajstić information content (AvgIpc) is 2.65. The highest BCUT2D eigenvalue weighted by Crippen LogP contribution is 2.38. The number of methoxy groups -OCH3 is 2. The van der Waals surface area contributed by atoms with Gasteiger partial charge in [0.2, 0.25) is 0 Å². The summed E-state index contributed by atoms with van der Waals surface area (Å²) in [5, 5.41) is 3.17. The van der Waals surface area contributed by atoms with Crippen LogP contribution in [0.2, 0.25) is 5.02 Å². The zero-order valence-corrected chi connectivity index (χ0v) is 15.9. The Morgan fingerprint density at radius 3 is 2.48 bits per heavy atom. The summed E-state index contributed by atoms with van der Waals surface area (Å²) in [4.78, 5) is 0. The van der Waals surface area contributed by atoms with Gasteiger partial charge in [0.05, 0.1) is 24.8 Å². The van der Waals surface area contributed by atoms with Gasteiger partial charge in [-0.3, -0.25) is 0 Å². The molecule has 0 saturated heterocycles. The molecular formula is C20H21ClF3NO2. The first-order valence-corrected chi connectivity index (χ1v) is 9.05. The number of rotatable bonds is 5. The second-order valence-corrected chi connectivity index (χ2v) is 6.92. The minimum atomic E-state index is -4.45. The molecule has 146 valence electrons. The number of alkyl halides is 3. The van der Waals surface area contributed by atoms with E-state index in [1.807, 2.05) is 12.1 Å². The largest absolute Gasteiger partial charge is 0.493 e. The molecule has 1 unspecified atom stereocenters. The summed E-state index contributed by atoms with van der Waals surface area (Å²) in [6.45, 7) is 0.807. The molecule has 0 radical (unpaired) electrons. The lowest BCUT2D eigenvalue weighted by Crippen LogP contribution is -2.30. The molecule has 1 atom stereocenters. The van der Waals surface area contributed by atoms with Gasteiger partial charge < -0.3 is 14.8 Å². The zero-order valence-electron chi connectivity index (χ0n) is 15.1. The van der Waals surface area contributed by atoms with Crippen molar-refractivity contribution in [1.82, 2.24) is 5.32 Å². The number of aryl methyl sites for hydroxylation is 1. The third kappa shape index (κ3) is 4.33. The van der Waals surface area contributed by atoms with Gasteiger partial charge in [0, 0.05) is 6.04 Å². The van der Waals surface area contributed by atoms with Crippen LogP contribution in [-0.4, -0.2) is 20.8 Å². The van der Waals surface area contributed by atoms with Gasteiger partial charge in [-0.25, -0.2) is 0 Å². The fourth-order valence-corrected chi connectivity index (χ4v) is 3.71. The van der Waals surface area contributed by atoms with Crippen LogP contribution in [0.25, 0.3) is 0 Å². The first-order chi connectivity index (χ1) is 12.8. The van der Waals surface area contributed by atoms with Crippen molar-refractivity contribution in [1.29, 1.82) is 0 Å². The number of nitrogens with one attached hydrogen (secondary N) is 1. The van der Waals surface area contributed by atoms with E-state index in [1.54, 1.807) is 20.3 Å². The molecule has 3 nitrogen and oxygen atoms in total. The summed E-state index contributed by atoms with van der Waals surface area (Å²) < 4.78 is 49.9. The molecule has 1 heterocycles. The van der Waals surface area contributed by atoms with E-state index in [1.165, 1.54) is 11.6 Å². The molecule has 0 aliphatic carbocycles. The molecule has 0 aromatic heterocycles. The molecule has 2 aromatic carbocycles. The van der Waals surface area contributed by atoms with E-state index in [4.69, 9.17) is 21.1 Å². The van der Waals surface area contributed by atoms with Crippen LogP contribution >= 0.6 is 11.6 Å². The lowest BCUT2D eigenvalue weighted by atomic mass is 9.90. The minimum Gasteiger partial charge on any atom is -0.493 e. The number of ether oxygens (including phenoxy) is 2. The fraction of sp³-hybridized carbons (Fsp3) is 0.400. The summed E-state index contributed by atoms with van der Waals surface area (Å²) in [7, 11) is 3.18. The van der Waals surface area contributed by atoms with E-state index in [-0.39, 0.29) is 11.1 Å². The van der Waals surface area contributed by atoms with E-state index in [0.717, 1.165) is 24.6 Å². The van der Waals surface area contributed by atoms with Crippen LogP contribution in [0.3, 0.4) is 0 Å². The van der Waals surface area contributed by atoms with Crippen LogP contribution in [0.1, 0.15) is 34.7 Å². The Bertz CT molecular complexity index is 824. The number of halogens is 4. The third-order valence-electron chi connectivity index (χ3n) is 4.86. The van der Waals surface area contributed by atoms with E-state index in [0.29, 0.717) is 29.9 Å². The van der Waals surface area contributed by atoms with Crippen LogP contribution < -0.4 is 14.8 Å². The SMILES string of the molecule is COc1cc2c(cc1OC)C(CCc1ccc(Cl)c(C(F)(F)F)c1)NCC2. The van der Waals surface area contributed by atoms with Gasteiger partial charge in [0.1, 0.15) is 0 Å². The molecule has 0 amide bonds.